The third-order valence-electron chi connectivity index (χ3n) is 3.44. The second-order valence-corrected chi connectivity index (χ2v) is 7.16. The van der Waals surface area contributed by atoms with Gasteiger partial charge in [-0.2, -0.15) is 0 Å². The van der Waals surface area contributed by atoms with Gasteiger partial charge in [-0.3, -0.25) is 0 Å². The van der Waals surface area contributed by atoms with Crippen LogP contribution >= 0.6 is 0 Å². The Bertz CT molecular complexity index is 631. The van der Waals surface area contributed by atoms with Crippen molar-refractivity contribution in [2.45, 2.75) is 37.5 Å². The zero-order valence-corrected chi connectivity index (χ0v) is 15.0. The molecule has 0 aliphatic heterocycles. The predicted octanol–water partition coefficient (Wildman–Crippen LogP) is 2.30. The fraction of sp³-hybridized carbons (Fsp3) is 0.562. The molecular weight excluding hydrogens is 332 g/mol. The van der Waals surface area contributed by atoms with Crippen molar-refractivity contribution in [1.82, 2.24) is 4.72 Å². The third kappa shape index (κ3) is 6.46. The largest absolute Gasteiger partial charge is 0.478 e. The predicted molar refractivity (Wildman–Crippen MR) is 93.1 cm³/mol. The molecule has 0 saturated heterocycles. The first-order valence-corrected chi connectivity index (χ1v) is 9.50. The molecule has 0 bridgehead atoms. The van der Waals surface area contributed by atoms with Gasteiger partial charge in [0.25, 0.3) is 0 Å². The van der Waals surface area contributed by atoms with E-state index in [4.69, 9.17) is 4.74 Å². The number of hydrogen-bond acceptors (Lipinski definition) is 5. The Morgan fingerprint density at radius 3 is 2.58 bits per heavy atom. The maximum atomic E-state index is 12.2. The standard InChI is InChI=1S/C16H26N2O5S/c1-3-4-5-10-18-24(21,22)13-7-8-15(14(12-13)16(19)20)17-9-6-11-23-2/h7-8,12,17-18H,3-6,9-11H2,1-2H3,(H,19,20). The van der Waals surface area contributed by atoms with Gasteiger partial charge in [-0.15, -0.1) is 0 Å². The Morgan fingerprint density at radius 1 is 1.21 bits per heavy atom. The number of benzene rings is 1. The van der Waals surface area contributed by atoms with Crippen molar-refractivity contribution in [2.75, 3.05) is 32.1 Å². The molecule has 1 rings (SSSR count). The molecule has 24 heavy (non-hydrogen) atoms. The number of hydrogen-bond donors (Lipinski definition) is 3. The molecule has 7 nitrogen and oxygen atoms in total. The molecule has 0 spiro atoms. The van der Waals surface area contributed by atoms with Crippen LogP contribution in [0.2, 0.25) is 0 Å². The molecule has 0 saturated carbocycles. The highest BCUT2D eigenvalue weighted by atomic mass is 32.2. The van der Waals surface area contributed by atoms with Gasteiger partial charge in [-0.25, -0.2) is 17.9 Å². The average Bonchev–Trinajstić information content (AvgIpc) is 2.55. The molecule has 0 aliphatic rings. The van der Waals surface area contributed by atoms with Crippen LogP contribution in [0.5, 0.6) is 0 Å². The molecule has 3 N–H and O–H groups in total. The van der Waals surface area contributed by atoms with Crippen LogP contribution in [0.4, 0.5) is 5.69 Å². The van der Waals surface area contributed by atoms with Crippen molar-refractivity contribution >= 4 is 21.7 Å². The van der Waals surface area contributed by atoms with Crippen molar-refractivity contribution in [1.29, 1.82) is 0 Å². The van der Waals surface area contributed by atoms with Gasteiger partial charge in [0, 0.05) is 32.5 Å². The zero-order valence-electron chi connectivity index (χ0n) is 14.2. The minimum atomic E-state index is -3.70. The van der Waals surface area contributed by atoms with E-state index in [1.54, 1.807) is 7.11 Å². The van der Waals surface area contributed by atoms with Gasteiger partial charge >= 0.3 is 5.97 Å². The lowest BCUT2D eigenvalue weighted by atomic mass is 10.2. The van der Waals surface area contributed by atoms with Gasteiger partial charge < -0.3 is 15.2 Å². The highest BCUT2D eigenvalue weighted by Gasteiger charge is 2.18. The summed E-state index contributed by atoms with van der Waals surface area (Å²) in [6, 6.07) is 4.08. The molecule has 0 amide bonds. The lowest BCUT2D eigenvalue weighted by Gasteiger charge is -2.12. The van der Waals surface area contributed by atoms with Gasteiger partial charge in [0.15, 0.2) is 0 Å². The second kappa shape index (κ2) is 10.3. The van der Waals surface area contributed by atoms with Crippen LogP contribution in [0.15, 0.2) is 23.1 Å². The van der Waals surface area contributed by atoms with Crippen molar-refractivity contribution in [3.05, 3.63) is 23.8 Å². The summed E-state index contributed by atoms with van der Waals surface area (Å²) < 4.78 is 31.9. The number of carbonyl (C=O) groups is 1. The van der Waals surface area contributed by atoms with E-state index in [1.165, 1.54) is 18.2 Å². The van der Waals surface area contributed by atoms with Crippen LogP contribution in [0.25, 0.3) is 0 Å². The molecular formula is C16H26N2O5S. The summed E-state index contributed by atoms with van der Waals surface area (Å²) in [5.74, 6) is -1.17. The first-order valence-electron chi connectivity index (χ1n) is 8.02. The van der Waals surface area contributed by atoms with E-state index in [1.807, 2.05) is 6.92 Å². The SMILES string of the molecule is CCCCCNS(=O)(=O)c1ccc(NCCCOC)c(C(=O)O)c1. The summed E-state index contributed by atoms with van der Waals surface area (Å²) >= 11 is 0. The van der Waals surface area contributed by atoms with Gasteiger partial charge in [0.2, 0.25) is 10.0 Å². The summed E-state index contributed by atoms with van der Waals surface area (Å²) in [6.07, 6.45) is 3.40. The first-order chi connectivity index (χ1) is 11.4. The van der Waals surface area contributed by atoms with Gasteiger partial charge in [0.05, 0.1) is 10.5 Å². The Kier molecular flexibility index (Phi) is 8.73. The summed E-state index contributed by atoms with van der Waals surface area (Å²) in [7, 11) is -2.11. The molecule has 0 atom stereocenters. The van der Waals surface area contributed by atoms with Crippen LogP contribution in [0.1, 0.15) is 43.0 Å². The second-order valence-electron chi connectivity index (χ2n) is 5.39. The molecule has 0 radical (unpaired) electrons. The molecule has 0 aromatic heterocycles. The fourth-order valence-corrected chi connectivity index (χ4v) is 3.23. The Labute approximate surface area is 143 Å². The van der Waals surface area contributed by atoms with Gasteiger partial charge in [0.1, 0.15) is 0 Å². The lowest BCUT2D eigenvalue weighted by Crippen LogP contribution is -2.25. The molecule has 8 heteroatoms. The average molecular weight is 358 g/mol. The fourth-order valence-electron chi connectivity index (χ4n) is 2.13. The maximum Gasteiger partial charge on any atom is 0.337 e. The number of sulfonamides is 1. The smallest absolute Gasteiger partial charge is 0.337 e. The molecule has 0 aliphatic carbocycles. The molecule has 0 heterocycles. The van der Waals surface area contributed by atoms with Gasteiger partial charge in [-0.05, 0) is 31.0 Å². The topological polar surface area (TPSA) is 105 Å². The van der Waals surface area contributed by atoms with Crippen LogP contribution < -0.4 is 10.0 Å². The van der Waals surface area contributed by atoms with E-state index in [2.05, 4.69) is 10.0 Å². The summed E-state index contributed by atoms with van der Waals surface area (Å²) in [5, 5.41) is 12.3. The van der Waals surface area contributed by atoms with Crippen molar-refractivity contribution in [2.24, 2.45) is 0 Å². The Balaban J connectivity index is 2.86. The summed E-state index contributed by atoms with van der Waals surface area (Å²) in [4.78, 5) is 11.4. The van der Waals surface area contributed by atoms with Crippen LogP contribution in [-0.2, 0) is 14.8 Å². The number of anilines is 1. The van der Waals surface area contributed by atoms with Crippen LogP contribution in [0, 0.1) is 0 Å². The van der Waals surface area contributed by atoms with Crippen molar-refractivity contribution in [3.8, 4) is 0 Å². The van der Waals surface area contributed by atoms with E-state index in [-0.39, 0.29) is 10.5 Å². The lowest BCUT2D eigenvalue weighted by molar-refractivity contribution is 0.0697. The number of carboxylic acids is 1. The van der Waals surface area contributed by atoms with E-state index in [9.17, 15) is 18.3 Å². The van der Waals surface area contributed by atoms with Crippen LogP contribution in [-0.4, -0.2) is 46.3 Å². The van der Waals surface area contributed by atoms with E-state index >= 15 is 0 Å². The Hall–Kier alpha value is -1.64. The van der Waals surface area contributed by atoms with Gasteiger partial charge in [-0.1, -0.05) is 19.8 Å². The van der Waals surface area contributed by atoms with E-state index in [0.29, 0.717) is 31.8 Å². The number of rotatable bonds is 12. The van der Waals surface area contributed by atoms with Crippen LogP contribution in [0.3, 0.4) is 0 Å². The number of methoxy groups -OCH3 is 1. The zero-order chi connectivity index (χ0) is 18.0. The minimum Gasteiger partial charge on any atom is -0.478 e. The van der Waals surface area contributed by atoms with E-state index in [0.717, 1.165) is 19.3 Å². The number of carboxylic acid groups (broad SMARTS) is 1. The number of aromatic carboxylic acids is 1. The molecule has 1 aromatic carbocycles. The quantitative estimate of drug-likeness (QED) is 0.495. The number of unbranched alkanes of at least 4 members (excludes halogenated alkanes) is 2. The normalized spacial score (nSPS) is 11.4. The molecule has 0 unspecified atom stereocenters. The minimum absolute atomic E-state index is 0.0427. The highest BCUT2D eigenvalue weighted by Crippen LogP contribution is 2.21. The maximum absolute atomic E-state index is 12.2. The van der Waals surface area contributed by atoms with Crippen molar-refractivity contribution < 1.29 is 23.1 Å². The monoisotopic (exact) mass is 358 g/mol. The number of ether oxygens (including phenoxy) is 1. The van der Waals surface area contributed by atoms with E-state index < -0.39 is 16.0 Å². The summed E-state index contributed by atoms with van der Waals surface area (Å²) in [6.45, 7) is 3.47. The summed E-state index contributed by atoms with van der Waals surface area (Å²) in [5.41, 5.74) is 0.326. The highest BCUT2D eigenvalue weighted by molar-refractivity contribution is 7.89. The number of nitrogens with one attached hydrogen (secondary N) is 2. The third-order valence-corrected chi connectivity index (χ3v) is 4.90. The Morgan fingerprint density at radius 2 is 1.96 bits per heavy atom. The van der Waals surface area contributed by atoms with Crippen molar-refractivity contribution in [3.63, 3.8) is 0 Å². The first kappa shape index (κ1) is 20.4. The molecule has 136 valence electrons. The molecule has 0 fully saturated rings. The molecule has 1 aromatic rings.